The molecule has 5 nitrogen and oxygen atoms in total. The van der Waals surface area contributed by atoms with E-state index in [-0.39, 0.29) is 22.0 Å². The molecule has 3 aromatic rings. The van der Waals surface area contributed by atoms with Crippen LogP contribution in [0.5, 0.6) is 5.75 Å². The molecular weight excluding hydrogens is 431 g/mol. The second kappa shape index (κ2) is 8.48. The summed E-state index contributed by atoms with van der Waals surface area (Å²) in [6, 6.07) is 16.3. The van der Waals surface area contributed by atoms with Crippen molar-refractivity contribution in [1.82, 2.24) is 0 Å². The van der Waals surface area contributed by atoms with Crippen molar-refractivity contribution in [3.63, 3.8) is 0 Å². The largest absolute Gasteiger partial charge is 0.497 e. The smallest absolute Gasteiger partial charge is 0.282 e. The fraction of sp³-hybridized carbons (Fsp3) is 0.120. The number of aryl methyl sites for hydroxylation is 2. The van der Waals surface area contributed by atoms with Gasteiger partial charge < -0.3 is 10.1 Å². The number of anilines is 2. The molecule has 1 heterocycles. The lowest BCUT2D eigenvalue weighted by Crippen LogP contribution is -2.32. The number of halogens is 2. The predicted molar refractivity (Wildman–Crippen MR) is 123 cm³/mol. The minimum absolute atomic E-state index is 0.118. The van der Waals surface area contributed by atoms with E-state index < -0.39 is 17.6 Å². The molecule has 3 aromatic carbocycles. The molecule has 0 spiro atoms. The van der Waals surface area contributed by atoms with E-state index in [9.17, 15) is 14.0 Å². The van der Waals surface area contributed by atoms with E-state index in [1.165, 1.54) is 12.1 Å². The lowest BCUT2D eigenvalue weighted by atomic mass is 9.99. The number of carbonyl (C=O) groups is 2. The number of nitrogens with one attached hydrogen (secondary N) is 1. The monoisotopic (exact) mass is 450 g/mol. The molecule has 7 heteroatoms. The second-order valence-electron chi connectivity index (χ2n) is 7.45. The molecular formula is C25H20ClFN2O3. The molecule has 0 atom stereocenters. The van der Waals surface area contributed by atoms with E-state index in [0.717, 1.165) is 22.1 Å². The van der Waals surface area contributed by atoms with Gasteiger partial charge in [-0.15, -0.1) is 0 Å². The van der Waals surface area contributed by atoms with Crippen LogP contribution in [0.2, 0.25) is 5.02 Å². The average Bonchev–Trinajstić information content (AvgIpc) is 3.02. The normalized spacial score (nSPS) is 13.7. The number of carbonyl (C=O) groups excluding carboxylic acids is 2. The molecule has 0 unspecified atom stereocenters. The molecule has 0 radical (unpaired) electrons. The van der Waals surface area contributed by atoms with E-state index in [0.29, 0.717) is 17.0 Å². The van der Waals surface area contributed by atoms with Gasteiger partial charge in [-0.25, -0.2) is 9.29 Å². The van der Waals surface area contributed by atoms with Crippen molar-refractivity contribution >= 4 is 40.4 Å². The zero-order valence-corrected chi connectivity index (χ0v) is 18.5. The van der Waals surface area contributed by atoms with E-state index in [1.807, 2.05) is 26.0 Å². The third kappa shape index (κ3) is 3.85. The highest BCUT2D eigenvalue weighted by Gasteiger charge is 2.40. The van der Waals surface area contributed by atoms with E-state index in [4.69, 9.17) is 16.3 Å². The SMILES string of the molecule is COc1cccc(NC2=C(c3ccc(C)c(C)c3)C(=O)N(c3ccc(F)c(Cl)c3)C2=O)c1. The highest BCUT2D eigenvalue weighted by atomic mass is 35.5. The number of hydrogen-bond donors (Lipinski definition) is 1. The Balaban J connectivity index is 1.84. The van der Waals surface area contributed by atoms with Gasteiger partial charge in [-0.1, -0.05) is 35.9 Å². The van der Waals surface area contributed by atoms with Crippen LogP contribution in [0.15, 0.2) is 66.4 Å². The number of rotatable bonds is 5. The summed E-state index contributed by atoms with van der Waals surface area (Å²) in [4.78, 5) is 27.9. The summed E-state index contributed by atoms with van der Waals surface area (Å²) in [6.45, 7) is 3.91. The Kier molecular flexibility index (Phi) is 5.72. The highest BCUT2D eigenvalue weighted by molar-refractivity contribution is 6.46. The molecule has 0 fully saturated rings. The number of benzene rings is 3. The molecule has 1 N–H and O–H groups in total. The van der Waals surface area contributed by atoms with Gasteiger partial charge in [-0.3, -0.25) is 9.59 Å². The standard InChI is InChI=1S/C25H20ClFN2O3/c1-14-7-8-16(11-15(14)2)22-23(28-17-5-4-6-19(12-17)32-3)25(31)29(24(22)30)18-9-10-21(27)20(26)13-18/h4-13,28H,1-3H3. The first-order valence-corrected chi connectivity index (χ1v) is 10.2. The summed E-state index contributed by atoms with van der Waals surface area (Å²) in [5, 5.41) is 2.91. The van der Waals surface area contributed by atoms with Gasteiger partial charge in [0, 0.05) is 11.8 Å². The first-order chi connectivity index (χ1) is 15.3. The zero-order valence-electron chi connectivity index (χ0n) is 17.7. The van der Waals surface area contributed by atoms with Crippen LogP contribution in [-0.2, 0) is 9.59 Å². The Labute approximate surface area is 190 Å². The molecule has 0 saturated heterocycles. The Morgan fingerprint density at radius 2 is 1.72 bits per heavy atom. The van der Waals surface area contributed by atoms with Crippen LogP contribution in [0.4, 0.5) is 15.8 Å². The maximum absolute atomic E-state index is 13.7. The number of hydrogen-bond acceptors (Lipinski definition) is 4. The van der Waals surface area contributed by atoms with Gasteiger partial charge in [0.2, 0.25) is 0 Å². The van der Waals surface area contributed by atoms with Crippen molar-refractivity contribution in [2.75, 3.05) is 17.3 Å². The maximum Gasteiger partial charge on any atom is 0.282 e. The fourth-order valence-electron chi connectivity index (χ4n) is 3.51. The van der Waals surface area contributed by atoms with Crippen molar-refractivity contribution in [3.05, 3.63) is 93.9 Å². The fourth-order valence-corrected chi connectivity index (χ4v) is 3.69. The number of methoxy groups -OCH3 is 1. The second-order valence-corrected chi connectivity index (χ2v) is 7.86. The molecule has 162 valence electrons. The summed E-state index contributed by atoms with van der Waals surface area (Å²) in [6.07, 6.45) is 0. The van der Waals surface area contributed by atoms with E-state index in [2.05, 4.69) is 5.32 Å². The van der Waals surface area contributed by atoms with Crippen LogP contribution >= 0.6 is 11.6 Å². The van der Waals surface area contributed by atoms with Crippen molar-refractivity contribution < 1.29 is 18.7 Å². The third-order valence-electron chi connectivity index (χ3n) is 5.38. The summed E-state index contributed by atoms with van der Waals surface area (Å²) in [7, 11) is 1.54. The summed E-state index contributed by atoms with van der Waals surface area (Å²) < 4.78 is 18.9. The quantitative estimate of drug-likeness (QED) is 0.521. The van der Waals surface area contributed by atoms with Crippen LogP contribution in [-0.4, -0.2) is 18.9 Å². The van der Waals surface area contributed by atoms with Gasteiger partial charge in [0.25, 0.3) is 11.8 Å². The lowest BCUT2D eigenvalue weighted by molar-refractivity contribution is -0.120. The molecule has 2 amide bonds. The van der Waals surface area contributed by atoms with Crippen molar-refractivity contribution in [1.29, 1.82) is 0 Å². The molecule has 32 heavy (non-hydrogen) atoms. The van der Waals surface area contributed by atoms with Crippen molar-refractivity contribution in [2.45, 2.75) is 13.8 Å². The molecule has 0 saturated carbocycles. The van der Waals surface area contributed by atoms with Crippen molar-refractivity contribution in [3.8, 4) is 5.75 Å². The first-order valence-electron chi connectivity index (χ1n) is 9.87. The van der Waals surface area contributed by atoms with E-state index >= 15 is 0 Å². The predicted octanol–water partition coefficient (Wildman–Crippen LogP) is 5.50. The van der Waals surface area contributed by atoms with Gasteiger partial charge in [0.05, 0.1) is 23.4 Å². The van der Waals surface area contributed by atoms with Gasteiger partial charge in [0.1, 0.15) is 17.3 Å². The van der Waals surface area contributed by atoms with Crippen LogP contribution < -0.4 is 15.0 Å². The van der Waals surface area contributed by atoms with Crippen molar-refractivity contribution in [2.24, 2.45) is 0 Å². The Bertz CT molecular complexity index is 1290. The molecule has 0 bridgehead atoms. The first kappa shape index (κ1) is 21.6. The van der Waals surface area contributed by atoms with Crippen LogP contribution in [0.3, 0.4) is 0 Å². The van der Waals surface area contributed by atoms with Crippen LogP contribution in [0, 0.1) is 19.7 Å². The third-order valence-corrected chi connectivity index (χ3v) is 5.67. The topological polar surface area (TPSA) is 58.6 Å². The number of amides is 2. The summed E-state index contributed by atoms with van der Waals surface area (Å²) in [5.41, 5.74) is 3.77. The Hall–Kier alpha value is -3.64. The number of nitrogens with zero attached hydrogens (tertiary/aromatic N) is 1. The summed E-state index contributed by atoms with van der Waals surface area (Å²) >= 11 is 5.91. The minimum Gasteiger partial charge on any atom is -0.497 e. The molecule has 1 aliphatic heterocycles. The number of imide groups is 1. The minimum atomic E-state index is -0.633. The van der Waals surface area contributed by atoms with E-state index in [1.54, 1.807) is 37.4 Å². The highest BCUT2D eigenvalue weighted by Crippen LogP contribution is 2.36. The maximum atomic E-state index is 13.7. The van der Waals surface area contributed by atoms with Gasteiger partial charge in [-0.05, 0) is 60.9 Å². The van der Waals surface area contributed by atoms with Crippen LogP contribution in [0.1, 0.15) is 16.7 Å². The number of ether oxygens (including phenoxy) is 1. The Morgan fingerprint density at radius 1 is 0.938 bits per heavy atom. The molecule has 0 aliphatic carbocycles. The lowest BCUT2D eigenvalue weighted by Gasteiger charge is -2.16. The summed E-state index contributed by atoms with van der Waals surface area (Å²) in [5.74, 6) is -1.12. The van der Waals surface area contributed by atoms with Crippen LogP contribution in [0.25, 0.3) is 5.57 Å². The molecule has 4 rings (SSSR count). The van der Waals surface area contributed by atoms with Gasteiger partial charge >= 0.3 is 0 Å². The molecule has 1 aliphatic rings. The van der Waals surface area contributed by atoms with Gasteiger partial charge in [-0.2, -0.15) is 0 Å². The zero-order chi connectivity index (χ0) is 23.0. The molecule has 0 aromatic heterocycles. The Morgan fingerprint density at radius 3 is 2.41 bits per heavy atom. The average molecular weight is 451 g/mol. The van der Waals surface area contributed by atoms with Gasteiger partial charge in [0.15, 0.2) is 0 Å².